The zero-order valence-corrected chi connectivity index (χ0v) is 29.0. The molecular formula is C35H27ClFN3O14. The maximum Gasteiger partial charge on any atom is 0.344 e. The molecule has 0 N–H and O–H groups in total. The van der Waals surface area contributed by atoms with Crippen molar-refractivity contribution in [3.05, 3.63) is 121 Å². The number of pyridine rings is 1. The van der Waals surface area contributed by atoms with Crippen LogP contribution in [0.5, 0.6) is 11.6 Å². The van der Waals surface area contributed by atoms with Gasteiger partial charge in [-0.15, -0.1) is 0 Å². The van der Waals surface area contributed by atoms with Gasteiger partial charge in [0.1, 0.15) is 17.7 Å². The van der Waals surface area contributed by atoms with Gasteiger partial charge < -0.3 is 28.4 Å². The number of hydrogen-bond acceptors (Lipinski definition) is 15. The number of esters is 5. The second-order valence-corrected chi connectivity index (χ2v) is 11.7. The summed E-state index contributed by atoms with van der Waals surface area (Å²) in [6, 6.07) is 13.5. The van der Waals surface area contributed by atoms with E-state index in [4.69, 9.17) is 40.0 Å². The van der Waals surface area contributed by atoms with Gasteiger partial charge in [0.2, 0.25) is 11.7 Å². The van der Waals surface area contributed by atoms with Crippen molar-refractivity contribution in [2.24, 2.45) is 0 Å². The van der Waals surface area contributed by atoms with Crippen LogP contribution in [0.3, 0.4) is 0 Å². The lowest BCUT2D eigenvalue weighted by Crippen LogP contribution is -2.48. The van der Waals surface area contributed by atoms with Crippen molar-refractivity contribution in [1.29, 1.82) is 0 Å². The smallest absolute Gasteiger partial charge is 0.344 e. The molecule has 1 aliphatic rings. The Hall–Kier alpha value is -6.53. The first-order chi connectivity index (χ1) is 25.6. The molecule has 1 fully saturated rings. The first-order valence-electron chi connectivity index (χ1n) is 15.6. The minimum atomic E-state index is -1.82. The monoisotopic (exact) mass is 767 g/mol. The summed E-state index contributed by atoms with van der Waals surface area (Å²) in [7, 11) is 0. The highest BCUT2D eigenvalue weighted by molar-refractivity contribution is 6.32. The number of benzene rings is 2. The Bertz CT molecular complexity index is 2280. The van der Waals surface area contributed by atoms with Crippen LogP contribution in [0.2, 0.25) is 5.02 Å². The summed E-state index contributed by atoms with van der Waals surface area (Å²) in [6.07, 6.45) is -4.88. The maximum absolute atomic E-state index is 15.2. The van der Waals surface area contributed by atoms with E-state index in [1.54, 1.807) is 18.2 Å². The minimum Gasteiger partial charge on any atom is -0.463 e. The predicted octanol–water partition coefficient (Wildman–Crippen LogP) is 2.65. The standard InChI is InChI=1S/C35H27ClFN3O14/c1-17(41)49-16-26-28(50-18(2)42)29(51-19(3)43)32(52-26)39-15-24(37)31(45)40(35(39)48)30(44)21-10-7-11-22(12-21)34(47)53-25-13-27(38-14-23(25)36)54-33(46)20-8-5-4-6-9-20/h4-15,26,28-29,32H,16H2,1-3H3/t26-,28-,29-,32-/m1/s1. The van der Waals surface area contributed by atoms with Crippen LogP contribution < -0.4 is 20.7 Å². The molecule has 0 aliphatic carbocycles. The molecule has 17 nitrogen and oxygen atoms in total. The zero-order valence-electron chi connectivity index (χ0n) is 28.3. The van der Waals surface area contributed by atoms with E-state index in [0.717, 1.165) is 45.2 Å². The molecule has 19 heteroatoms. The minimum absolute atomic E-state index is 0.0959. The van der Waals surface area contributed by atoms with Gasteiger partial charge in [0.15, 0.2) is 24.2 Å². The molecule has 2 aromatic carbocycles. The summed E-state index contributed by atoms with van der Waals surface area (Å²) in [5, 5.41) is -0.158. The molecule has 3 heterocycles. The van der Waals surface area contributed by atoms with Gasteiger partial charge in [0.05, 0.1) is 23.5 Å². The molecule has 0 unspecified atom stereocenters. The van der Waals surface area contributed by atoms with Crippen LogP contribution in [0.1, 0.15) is 58.1 Å². The SMILES string of the molecule is CC(=O)OC[C@H]1O[C@@H](n2cc(F)c(=O)n(C(=O)c3cccc(C(=O)Oc4cc(OC(=O)c5ccccc5)ncc4Cl)c3)c2=O)[C@H](OC(C)=O)[C@@H]1OC(C)=O. The number of ether oxygens (including phenoxy) is 6. The van der Waals surface area contributed by atoms with E-state index in [0.29, 0.717) is 10.8 Å². The molecule has 280 valence electrons. The Labute approximate surface area is 307 Å². The fraction of sp³-hybridized carbons (Fsp3) is 0.229. The van der Waals surface area contributed by atoms with Gasteiger partial charge in [-0.25, -0.2) is 19.4 Å². The van der Waals surface area contributed by atoms with Gasteiger partial charge in [-0.1, -0.05) is 35.9 Å². The first kappa shape index (κ1) is 38.7. The number of aromatic nitrogens is 3. The summed E-state index contributed by atoms with van der Waals surface area (Å²) in [6.45, 7) is 2.51. The molecule has 1 saturated heterocycles. The lowest BCUT2D eigenvalue weighted by Gasteiger charge is -2.24. The van der Waals surface area contributed by atoms with E-state index in [1.807, 2.05) is 0 Å². The average molecular weight is 768 g/mol. The highest BCUT2D eigenvalue weighted by Crippen LogP contribution is 2.34. The van der Waals surface area contributed by atoms with Crippen molar-refractivity contribution in [1.82, 2.24) is 14.1 Å². The van der Waals surface area contributed by atoms with E-state index < -0.39 is 89.5 Å². The van der Waals surface area contributed by atoms with Crippen LogP contribution in [-0.2, 0) is 33.3 Å². The van der Waals surface area contributed by atoms with E-state index in [1.165, 1.54) is 24.3 Å². The third kappa shape index (κ3) is 8.73. The van der Waals surface area contributed by atoms with Crippen LogP contribution in [0.25, 0.3) is 0 Å². The van der Waals surface area contributed by atoms with Gasteiger partial charge in [-0.3, -0.25) is 28.5 Å². The lowest BCUT2D eigenvalue weighted by atomic mass is 10.1. The molecule has 0 radical (unpaired) electrons. The second-order valence-electron chi connectivity index (χ2n) is 11.3. The molecule has 5 rings (SSSR count). The zero-order chi connectivity index (χ0) is 39.3. The van der Waals surface area contributed by atoms with E-state index in [2.05, 4.69) is 4.98 Å². The number of carbonyl (C=O) groups is 6. The normalized spacial score (nSPS) is 17.6. The molecule has 2 aromatic heterocycles. The van der Waals surface area contributed by atoms with Crippen molar-refractivity contribution in [3.63, 3.8) is 0 Å². The van der Waals surface area contributed by atoms with Crippen molar-refractivity contribution in [2.75, 3.05) is 6.61 Å². The number of halogens is 2. The van der Waals surface area contributed by atoms with Crippen LogP contribution in [0, 0.1) is 5.82 Å². The van der Waals surface area contributed by atoms with E-state index >= 15 is 4.39 Å². The summed E-state index contributed by atoms with van der Waals surface area (Å²) in [4.78, 5) is 105. The van der Waals surface area contributed by atoms with Crippen LogP contribution in [0.15, 0.2) is 82.6 Å². The van der Waals surface area contributed by atoms with Crippen LogP contribution in [-0.4, -0.2) is 74.8 Å². The summed E-state index contributed by atoms with van der Waals surface area (Å²) in [5.41, 5.74) is -3.72. The first-order valence-corrected chi connectivity index (χ1v) is 16.0. The molecule has 4 atom stereocenters. The Morgan fingerprint density at radius 1 is 0.815 bits per heavy atom. The molecule has 0 amide bonds. The molecule has 1 aliphatic heterocycles. The van der Waals surface area contributed by atoms with E-state index in [-0.39, 0.29) is 32.3 Å². The highest BCUT2D eigenvalue weighted by atomic mass is 35.5. The number of hydrogen-bond donors (Lipinski definition) is 0. The van der Waals surface area contributed by atoms with Gasteiger partial charge in [0, 0.05) is 32.4 Å². The van der Waals surface area contributed by atoms with Crippen molar-refractivity contribution >= 4 is 47.4 Å². The predicted molar refractivity (Wildman–Crippen MR) is 178 cm³/mol. The van der Waals surface area contributed by atoms with Crippen LogP contribution >= 0.6 is 11.6 Å². The lowest BCUT2D eigenvalue weighted by molar-refractivity contribution is -0.166. The third-order valence-electron chi connectivity index (χ3n) is 7.44. The summed E-state index contributed by atoms with van der Waals surface area (Å²) >= 11 is 6.14. The quantitative estimate of drug-likeness (QED) is 0.168. The topological polar surface area (TPSA) is 215 Å². The Morgan fingerprint density at radius 3 is 2.11 bits per heavy atom. The second kappa shape index (κ2) is 16.4. The number of carbonyl (C=O) groups excluding carboxylic acids is 6. The van der Waals surface area contributed by atoms with Crippen molar-refractivity contribution in [3.8, 4) is 11.6 Å². The van der Waals surface area contributed by atoms with Crippen molar-refractivity contribution < 1.29 is 61.6 Å². The van der Waals surface area contributed by atoms with Gasteiger partial charge >= 0.3 is 35.5 Å². The number of rotatable bonds is 10. The maximum atomic E-state index is 15.2. The molecule has 0 spiro atoms. The molecule has 54 heavy (non-hydrogen) atoms. The largest absolute Gasteiger partial charge is 0.463 e. The van der Waals surface area contributed by atoms with Gasteiger partial charge in [0.25, 0.3) is 11.5 Å². The van der Waals surface area contributed by atoms with Crippen LogP contribution in [0.4, 0.5) is 4.39 Å². The molecule has 4 aromatic rings. The summed E-state index contributed by atoms with van der Waals surface area (Å²) < 4.78 is 47.3. The Balaban J connectivity index is 1.44. The number of nitrogens with zero attached hydrogens (tertiary/aromatic N) is 3. The van der Waals surface area contributed by atoms with Crippen molar-refractivity contribution in [2.45, 2.75) is 45.3 Å². The fourth-order valence-electron chi connectivity index (χ4n) is 5.15. The fourth-order valence-corrected chi connectivity index (χ4v) is 5.29. The molecule has 0 bridgehead atoms. The Morgan fingerprint density at radius 2 is 1.44 bits per heavy atom. The molecule has 0 saturated carbocycles. The van der Waals surface area contributed by atoms with Gasteiger partial charge in [-0.05, 0) is 30.3 Å². The summed E-state index contributed by atoms with van der Waals surface area (Å²) in [5.74, 6) is -8.03. The Kier molecular flexibility index (Phi) is 11.8. The third-order valence-corrected chi connectivity index (χ3v) is 7.72. The highest BCUT2D eigenvalue weighted by Gasteiger charge is 2.51. The van der Waals surface area contributed by atoms with E-state index in [9.17, 15) is 38.4 Å². The molecular weight excluding hydrogens is 741 g/mol. The van der Waals surface area contributed by atoms with Gasteiger partial charge in [-0.2, -0.15) is 8.96 Å². The average Bonchev–Trinajstić information content (AvgIpc) is 3.45.